The van der Waals surface area contributed by atoms with Gasteiger partial charge < -0.3 is 14.4 Å². The van der Waals surface area contributed by atoms with Gasteiger partial charge in [0, 0.05) is 42.1 Å². The standard InChI is InChI=1S/C27H32ClN3O3S/c1-19-14-20(2)21(3)25(15-19)34-17-26-29-24(18-35-26)16-31(9-8-30-10-12-33-13-11-30)27(32)22-4-6-23(28)7-5-22/h4-7,14-15,18H,8-13,16-17H2,1-3H3. The quantitative estimate of drug-likeness (QED) is 0.390. The molecule has 8 heteroatoms. The fraction of sp³-hybridized carbons (Fsp3) is 0.407. The zero-order chi connectivity index (χ0) is 24.8. The van der Waals surface area contributed by atoms with Crippen LogP contribution in [0.3, 0.4) is 0 Å². The molecule has 1 fully saturated rings. The zero-order valence-electron chi connectivity index (χ0n) is 20.6. The van der Waals surface area contributed by atoms with Crippen LogP contribution in [0.2, 0.25) is 5.02 Å². The highest BCUT2D eigenvalue weighted by Gasteiger charge is 2.20. The lowest BCUT2D eigenvalue weighted by molar-refractivity contribution is 0.0319. The SMILES string of the molecule is Cc1cc(C)c(C)c(OCc2nc(CN(CCN3CCOCC3)C(=O)c3ccc(Cl)cc3)cs2)c1. The number of aromatic nitrogens is 1. The summed E-state index contributed by atoms with van der Waals surface area (Å²) in [6.45, 7) is 11.8. The molecule has 2 heterocycles. The van der Waals surface area contributed by atoms with Crippen LogP contribution in [-0.2, 0) is 17.9 Å². The van der Waals surface area contributed by atoms with E-state index in [4.69, 9.17) is 26.1 Å². The van der Waals surface area contributed by atoms with Crippen LogP contribution < -0.4 is 4.74 Å². The van der Waals surface area contributed by atoms with E-state index in [0.29, 0.717) is 30.3 Å². The highest BCUT2D eigenvalue weighted by molar-refractivity contribution is 7.09. The molecule has 0 atom stereocenters. The number of amides is 1. The molecular formula is C27H32ClN3O3S. The van der Waals surface area contributed by atoms with Crippen LogP contribution in [-0.4, -0.2) is 60.1 Å². The summed E-state index contributed by atoms with van der Waals surface area (Å²) in [5.41, 5.74) is 5.04. The summed E-state index contributed by atoms with van der Waals surface area (Å²) in [6, 6.07) is 11.3. The van der Waals surface area contributed by atoms with E-state index < -0.39 is 0 Å². The molecule has 0 spiro atoms. The average molecular weight is 514 g/mol. The Kier molecular flexibility index (Phi) is 8.78. The van der Waals surface area contributed by atoms with Gasteiger partial charge in [-0.05, 0) is 67.8 Å². The first kappa shape index (κ1) is 25.6. The van der Waals surface area contributed by atoms with Crippen LogP contribution in [0.5, 0.6) is 5.75 Å². The Balaban J connectivity index is 1.43. The predicted molar refractivity (Wildman–Crippen MR) is 141 cm³/mol. The summed E-state index contributed by atoms with van der Waals surface area (Å²) < 4.78 is 11.5. The van der Waals surface area contributed by atoms with E-state index in [1.165, 1.54) is 11.1 Å². The fourth-order valence-corrected chi connectivity index (χ4v) is 4.91. The molecule has 2 aromatic carbocycles. The van der Waals surface area contributed by atoms with Crippen molar-refractivity contribution in [3.63, 3.8) is 0 Å². The van der Waals surface area contributed by atoms with Gasteiger partial charge in [0.15, 0.2) is 0 Å². The van der Waals surface area contributed by atoms with Crippen molar-refractivity contribution in [2.45, 2.75) is 33.9 Å². The summed E-state index contributed by atoms with van der Waals surface area (Å²) in [4.78, 5) is 22.3. The molecule has 186 valence electrons. The van der Waals surface area contributed by atoms with Crippen molar-refractivity contribution in [1.29, 1.82) is 0 Å². The first-order valence-electron chi connectivity index (χ1n) is 11.9. The Bertz CT molecular complexity index is 1140. The molecule has 0 bridgehead atoms. The molecule has 1 amide bonds. The fourth-order valence-electron chi connectivity index (χ4n) is 4.09. The van der Waals surface area contributed by atoms with Gasteiger partial charge in [-0.3, -0.25) is 9.69 Å². The van der Waals surface area contributed by atoms with Gasteiger partial charge >= 0.3 is 0 Å². The van der Waals surface area contributed by atoms with Crippen molar-refractivity contribution < 1.29 is 14.3 Å². The van der Waals surface area contributed by atoms with Crippen molar-refractivity contribution in [3.05, 3.63) is 79.8 Å². The van der Waals surface area contributed by atoms with Crippen molar-refractivity contribution >= 4 is 28.8 Å². The third-order valence-electron chi connectivity index (χ3n) is 6.24. The maximum atomic E-state index is 13.3. The smallest absolute Gasteiger partial charge is 0.254 e. The lowest BCUT2D eigenvalue weighted by Crippen LogP contribution is -2.43. The maximum absolute atomic E-state index is 13.3. The Labute approximate surface area is 216 Å². The third kappa shape index (κ3) is 7.04. The number of carbonyl (C=O) groups excluding carboxylic acids is 1. The van der Waals surface area contributed by atoms with Crippen LogP contribution >= 0.6 is 22.9 Å². The molecule has 0 radical (unpaired) electrons. The molecule has 0 aliphatic carbocycles. The molecule has 1 aliphatic heterocycles. The van der Waals surface area contributed by atoms with Crippen LogP contribution in [0.4, 0.5) is 0 Å². The molecule has 1 aromatic heterocycles. The summed E-state index contributed by atoms with van der Waals surface area (Å²) in [7, 11) is 0. The number of hydrogen-bond acceptors (Lipinski definition) is 6. The second kappa shape index (κ2) is 12.0. The Morgan fingerprint density at radius 1 is 1.17 bits per heavy atom. The Hall–Kier alpha value is -2.45. The molecule has 1 saturated heterocycles. The second-order valence-electron chi connectivity index (χ2n) is 8.91. The summed E-state index contributed by atoms with van der Waals surface area (Å²) in [5.74, 6) is 0.871. The third-order valence-corrected chi connectivity index (χ3v) is 7.36. The first-order chi connectivity index (χ1) is 16.9. The molecule has 0 saturated carbocycles. The lowest BCUT2D eigenvalue weighted by Gasteiger charge is -2.30. The average Bonchev–Trinajstić information content (AvgIpc) is 3.31. The first-order valence-corrected chi connectivity index (χ1v) is 13.1. The van der Waals surface area contributed by atoms with E-state index in [9.17, 15) is 4.79 Å². The number of ether oxygens (including phenoxy) is 2. The van der Waals surface area contributed by atoms with Gasteiger partial charge in [-0.2, -0.15) is 0 Å². The highest BCUT2D eigenvalue weighted by Crippen LogP contribution is 2.25. The van der Waals surface area contributed by atoms with E-state index in [0.717, 1.165) is 54.9 Å². The number of morpholine rings is 1. The largest absolute Gasteiger partial charge is 0.486 e. The molecule has 4 rings (SSSR count). The van der Waals surface area contributed by atoms with Crippen molar-refractivity contribution in [3.8, 4) is 5.75 Å². The molecule has 6 nitrogen and oxygen atoms in total. The van der Waals surface area contributed by atoms with Gasteiger partial charge in [0.25, 0.3) is 5.91 Å². The zero-order valence-corrected chi connectivity index (χ0v) is 22.1. The van der Waals surface area contributed by atoms with Crippen LogP contribution in [0.15, 0.2) is 41.8 Å². The second-order valence-corrected chi connectivity index (χ2v) is 10.3. The minimum absolute atomic E-state index is 0.0217. The number of carbonyl (C=O) groups is 1. The number of aryl methyl sites for hydroxylation is 2. The summed E-state index contributed by atoms with van der Waals surface area (Å²) >= 11 is 7.59. The van der Waals surface area contributed by atoms with Crippen LogP contribution in [0.25, 0.3) is 0 Å². The number of rotatable bonds is 9. The van der Waals surface area contributed by atoms with E-state index >= 15 is 0 Å². The predicted octanol–water partition coefficient (Wildman–Crippen LogP) is 5.28. The summed E-state index contributed by atoms with van der Waals surface area (Å²) in [5, 5.41) is 3.53. The highest BCUT2D eigenvalue weighted by atomic mass is 35.5. The molecule has 35 heavy (non-hydrogen) atoms. The van der Waals surface area contributed by atoms with Crippen LogP contribution in [0.1, 0.15) is 37.7 Å². The number of benzene rings is 2. The molecule has 1 aliphatic rings. The lowest BCUT2D eigenvalue weighted by atomic mass is 10.1. The van der Waals surface area contributed by atoms with E-state index in [-0.39, 0.29) is 5.91 Å². The van der Waals surface area contributed by atoms with E-state index in [1.807, 2.05) is 10.3 Å². The van der Waals surface area contributed by atoms with Crippen molar-refractivity contribution in [2.24, 2.45) is 0 Å². The van der Waals surface area contributed by atoms with Crippen molar-refractivity contribution in [2.75, 3.05) is 39.4 Å². The van der Waals surface area contributed by atoms with Crippen molar-refractivity contribution in [1.82, 2.24) is 14.8 Å². The van der Waals surface area contributed by atoms with Gasteiger partial charge in [0.05, 0.1) is 25.5 Å². The van der Waals surface area contributed by atoms with Crippen LogP contribution in [0, 0.1) is 20.8 Å². The monoisotopic (exact) mass is 513 g/mol. The molecular weight excluding hydrogens is 482 g/mol. The number of hydrogen-bond donors (Lipinski definition) is 0. The summed E-state index contributed by atoms with van der Waals surface area (Å²) in [6.07, 6.45) is 0. The Morgan fingerprint density at radius 2 is 1.91 bits per heavy atom. The minimum Gasteiger partial charge on any atom is -0.486 e. The van der Waals surface area contributed by atoms with Gasteiger partial charge in [-0.15, -0.1) is 11.3 Å². The topological polar surface area (TPSA) is 54.9 Å². The number of halogens is 1. The maximum Gasteiger partial charge on any atom is 0.254 e. The molecule has 0 unspecified atom stereocenters. The normalized spacial score (nSPS) is 14.2. The Morgan fingerprint density at radius 3 is 2.66 bits per heavy atom. The number of thiazole rings is 1. The minimum atomic E-state index is -0.0217. The number of nitrogens with zero attached hydrogens (tertiary/aromatic N) is 3. The van der Waals surface area contributed by atoms with Gasteiger partial charge in [-0.1, -0.05) is 17.7 Å². The van der Waals surface area contributed by atoms with Gasteiger partial charge in [0.1, 0.15) is 17.4 Å². The van der Waals surface area contributed by atoms with E-state index in [2.05, 4.69) is 37.8 Å². The van der Waals surface area contributed by atoms with E-state index in [1.54, 1.807) is 35.6 Å². The molecule has 3 aromatic rings. The molecule has 0 N–H and O–H groups in total. The van der Waals surface area contributed by atoms with Gasteiger partial charge in [0.2, 0.25) is 0 Å². The van der Waals surface area contributed by atoms with Gasteiger partial charge in [-0.25, -0.2) is 4.98 Å².